The third-order valence-electron chi connectivity index (χ3n) is 2.78. The molecule has 3 N–H and O–H groups in total. The number of aromatic nitrogens is 2. The number of anilines is 3. The van der Waals surface area contributed by atoms with Crippen LogP contribution in [0.3, 0.4) is 0 Å². The van der Waals surface area contributed by atoms with Gasteiger partial charge in [-0.1, -0.05) is 12.1 Å². The first-order chi connectivity index (χ1) is 9.63. The molecule has 0 amide bonds. The van der Waals surface area contributed by atoms with E-state index in [1.54, 1.807) is 12.1 Å². The van der Waals surface area contributed by atoms with Crippen molar-refractivity contribution >= 4 is 44.3 Å². The largest absolute Gasteiger partial charge is 0.381 e. The highest BCUT2D eigenvalue weighted by molar-refractivity contribution is 9.10. The molecule has 0 unspecified atom stereocenters. The van der Waals surface area contributed by atoms with Crippen molar-refractivity contribution in [3.63, 3.8) is 0 Å². The molecule has 0 spiro atoms. The van der Waals surface area contributed by atoms with Crippen molar-refractivity contribution in [2.24, 2.45) is 0 Å². The van der Waals surface area contributed by atoms with Gasteiger partial charge in [0.25, 0.3) is 0 Å². The van der Waals surface area contributed by atoms with Crippen molar-refractivity contribution in [1.29, 1.82) is 0 Å². The summed E-state index contributed by atoms with van der Waals surface area (Å²) in [4.78, 5) is 8.65. The Morgan fingerprint density at radius 2 is 1.75 bits per heavy atom. The molecule has 0 radical (unpaired) electrons. The van der Waals surface area contributed by atoms with Crippen molar-refractivity contribution in [3.05, 3.63) is 52.8 Å². The summed E-state index contributed by atoms with van der Waals surface area (Å²) in [5, 5.41) is 2.97. The smallest absolute Gasteiger partial charge is 0.174 e. The molecular formula is C14H10BrFN4. The second-order valence-electron chi connectivity index (χ2n) is 4.20. The number of nitrogen functional groups attached to an aromatic ring is 1. The van der Waals surface area contributed by atoms with Gasteiger partial charge < -0.3 is 11.1 Å². The zero-order chi connectivity index (χ0) is 14.1. The van der Waals surface area contributed by atoms with Crippen LogP contribution in [0, 0.1) is 5.82 Å². The van der Waals surface area contributed by atoms with E-state index in [4.69, 9.17) is 5.73 Å². The molecule has 0 fully saturated rings. The average molecular weight is 333 g/mol. The van der Waals surface area contributed by atoms with E-state index in [-0.39, 0.29) is 11.6 Å². The van der Waals surface area contributed by atoms with E-state index in [1.165, 1.54) is 6.07 Å². The fourth-order valence-electron chi connectivity index (χ4n) is 1.82. The van der Waals surface area contributed by atoms with Crippen molar-refractivity contribution in [1.82, 2.24) is 9.97 Å². The van der Waals surface area contributed by atoms with E-state index >= 15 is 0 Å². The Morgan fingerprint density at radius 3 is 2.45 bits per heavy atom. The Labute approximate surface area is 123 Å². The van der Waals surface area contributed by atoms with E-state index in [9.17, 15) is 4.39 Å². The second kappa shape index (κ2) is 5.05. The number of rotatable bonds is 2. The maximum Gasteiger partial charge on any atom is 0.174 e. The van der Waals surface area contributed by atoms with Gasteiger partial charge in [0, 0.05) is 5.69 Å². The molecule has 0 saturated carbocycles. The van der Waals surface area contributed by atoms with Gasteiger partial charge in [-0.15, -0.1) is 0 Å². The van der Waals surface area contributed by atoms with E-state index in [1.807, 2.05) is 24.3 Å². The molecule has 0 saturated heterocycles. The molecule has 20 heavy (non-hydrogen) atoms. The lowest BCUT2D eigenvalue weighted by molar-refractivity contribution is 0.622. The van der Waals surface area contributed by atoms with Gasteiger partial charge in [-0.05, 0) is 46.3 Å². The van der Waals surface area contributed by atoms with Crippen LogP contribution in [0.1, 0.15) is 0 Å². The first-order valence-electron chi connectivity index (χ1n) is 5.88. The number of hydrogen-bond acceptors (Lipinski definition) is 4. The summed E-state index contributed by atoms with van der Waals surface area (Å²) < 4.78 is 13.9. The summed E-state index contributed by atoms with van der Waals surface area (Å²) >= 11 is 3.11. The Kier molecular flexibility index (Phi) is 3.23. The van der Waals surface area contributed by atoms with Crippen LogP contribution in [-0.2, 0) is 0 Å². The van der Waals surface area contributed by atoms with Crippen molar-refractivity contribution in [2.75, 3.05) is 11.1 Å². The third-order valence-corrected chi connectivity index (χ3v) is 3.42. The van der Waals surface area contributed by atoms with Crippen molar-refractivity contribution < 1.29 is 4.39 Å². The van der Waals surface area contributed by atoms with Gasteiger partial charge in [0.1, 0.15) is 5.82 Å². The van der Waals surface area contributed by atoms with Crippen molar-refractivity contribution in [3.8, 4) is 0 Å². The minimum atomic E-state index is -0.359. The number of halogens is 2. The summed E-state index contributed by atoms with van der Waals surface area (Å²) in [6, 6.07) is 12.1. The highest BCUT2D eigenvalue weighted by Crippen LogP contribution is 2.25. The topological polar surface area (TPSA) is 63.8 Å². The van der Waals surface area contributed by atoms with Gasteiger partial charge in [-0.25, -0.2) is 14.4 Å². The summed E-state index contributed by atoms with van der Waals surface area (Å²) in [5.41, 5.74) is 7.86. The molecule has 0 aliphatic rings. The molecule has 0 aliphatic heterocycles. The van der Waals surface area contributed by atoms with Crippen LogP contribution in [0.5, 0.6) is 0 Å². The van der Waals surface area contributed by atoms with Gasteiger partial charge in [0.2, 0.25) is 0 Å². The molecular weight excluding hydrogens is 323 g/mol. The lowest BCUT2D eigenvalue weighted by atomic mass is 10.3. The van der Waals surface area contributed by atoms with Gasteiger partial charge >= 0.3 is 0 Å². The van der Waals surface area contributed by atoms with Crippen LogP contribution >= 0.6 is 15.9 Å². The van der Waals surface area contributed by atoms with Crippen LogP contribution in [-0.4, -0.2) is 9.97 Å². The van der Waals surface area contributed by atoms with Gasteiger partial charge in [0.05, 0.1) is 15.5 Å². The Hall–Kier alpha value is -2.21. The number of benzene rings is 2. The summed E-state index contributed by atoms with van der Waals surface area (Å²) in [7, 11) is 0. The molecule has 0 atom stereocenters. The lowest BCUT2D eigenvalue weighted by Crippen LogP contribution is -2.02. The Balaban J connectivity index is 2.01. The normalized spacial score (nSPS) is 10.7. The maximum absolute atomic E-state index is 13.5. The highest BCUT2D eigenvalue weighted by atomic mass is 79.9. The van der Waals surface area contributed by atoms with Crippen LogP contribution in [0.2, 0.25) is 0 Å². The first kappa shape index (κ1) is 12.8. The fourth-order valence-corrected chi connectivity index (χ4v) is 2.06. The van der Waals surface area contributed by atoms with E-state index in [0.29, 0.717) is 16.0 Å². The molecule has 6 heteroatoms. The number of nitrogens with one attached hydrogen (secondary N) is 1. The number of nitrogens with two attached hydrogens (primary N) is 1. The molecule has 100 valence electrons. The van der Waals surface area contributed by atoms with E-state index in [0.717, 1.165) is 11.0 Å². The fraction of sp³-hybridized carbons (Fsp3) is 0. The molecule has 0 bridgehead atoms. The van der Waals surface area contributed by atoms with E-state index < -0.39 is 0 Å². The van der Waals surface area contributed by atoms with Gasteiger partial charge in [-0.3, -0.25) is 0 Å². The number of nitrogens with zero attached hydrogens (tertiary/aromatic N) is 2. The molecule has 1 aromatic heterocycles. The zero-order valence-corrected chi connectivity index (χ0v) is 11.9. The summed E-state index contributed by atoms with van der Waals surface area (Å²) in [6.45, 7) is 0. The van der Waals surface area contributed by atoms with Crippen LogP contribution in [0.15, 0.2) is 46.9 Å². The predicted octanol–water partition coefficient (Wildman–Crippen LogP) is 3.86. The summed E-state index contributed by atoms with van der Waals surface area (Å²) in [6.07, 6.45) is 0. The minimum Gasteiger partial charge on any atom is -0.381 e. The maximum atomic E-state index is 13.5. The average Bonchev–Trinajstić information content (AvgIpc) is 2.44. The minimum absolute atomic E-state index is 0.270. The second-order valence-corrected chi connectivity index (χ2v) is 5.05. The Morgan fingerprint density at radius 1 is 1.05 bits per heavy atom. The highest BCUT2D eigenvalue weighted by Gasteiger charge is 2.07. The molecule has 3 aromatic rings. The van der Waals surface area contributed by atoms with E-state index in [2.05, 4.69) is 31.2 Å². The lowest BCUT2D eigenvalue weighted by Gasteiger charge is -2.09. The number of para-hydroxylation sites is 2. The standard InChI is InChI=1S/C14H10BrFN4/c15-9-6-5-8(7-10(9)16)18-14-13(17)19-11-3-1-2-4-12(11)20-14/h1-7H,(H2,17,19)(H,18,20). The Bertz CT molecular complexity index is 791. The van der Waals surface area contributed by atoms with Crippen LogP contribution in [0.4, 0.5) is 21.7 Å². The molecule has 2 aromatic carbocycles. The SMILES string of the molecule is Nc1nc2ccccc2nc1Nc1ccc(Br)c(F)c1. The predicted molar refractivity (Wildman–Crippen MR) is 81.3 cm³/mol. The monoisotopic (exact) mass is 332 g/mol. The molecule has 4 nitrogen and oxygen atoms in total. The number of fused-ring (bicyclic) bond motifs is 1. The van der Waals surface area contributed by atoms with Crippen LogP contribution < -0.4 is 11.1 Å². The number of hydrogen-bond donors (Lipinski definition) is 2. The van der Waals surface area contributed by atoms with Gasteiger partial charge in [0.15, 0.2) is 11.6 Å². The quantitative estimate of drug-likeness (QED) is 0.748. The third kappa shape index (κ3) is 2.42. The zero-order valence-electron chi connectivity index (χ0n) is 10.3. The van der Waals surface area contributed by atoms with Crippen LogP contribution in [0.25, 0.3) is 11.0 Å². The van der Waals surface area contributed by atoms with Gasteiger partial charge in [-0.2, -0.15) is 0 Å². The van der Waals surface area contributed by atoms with Crippen molar-refractivity contribution in [2.45, 2.75) is 0 Å². The first-order valence-corrected chi connectivity index (χ1v) is 6.67. The molecule has 1 heterocycles. The molecule has 0 aliphatic carbocycles. The summed E-state index contributed by atoms with van der Waals surface area (Å²) in [5.74, 6) is 0.319. The molecule has 3 rings (SSSR count).